The molecule has 3 rings (SSSR count). The number of likely N-dealkylation sites (tertiary alicyclic amines) is 1. The van der Waals surface area contributed by atoms with Gasteiger partial charge >= 0.3 is 6.09 Å². The van der Waals surface area contributed by atoms with Crippen molar-refractivity contribution in [1.82, 2.24) is 9.88 Å². The van der Waals surface area contributed by atoms with E-state index in [1.165, 1.54) is 0 Å². The molecular weight excluding hydrogens is 304 g/mol. The van der Waals surface area contributed by atoms with E-state index in [1.807, 2.05) is 37.3 Å². The van der Waals surface area contributed by atoms with Gasteiger partial charge in [-0.2, -0.15) is 0 Å². The Kier molecular flexibility index (Phi) is 4.99. The van der Waals surface area contributed by atoms with Crippen molar-refractivity contribution in [2.24, 2.45) is 0 Å². The SMILES string of the molecule is C=CCOC(=O)N1CCC(Oc2cc(C)nc3ccccc23)CC1. The zero-order chi connectivity index (χ0) is 16.9. The first kappa shape index (κ1) is 16.3. The lowest BCUT2D eigenvalue weighted by atomic mass is 10.1. The monoisotopic (exact) mass is 326 g/mol. The zero-order valence-corrected chi connectivity index (χ0v) is 13.9. The van der Waals surface area contributed by atoms with Gasteiger partial charge in [0.15, 0.2) is 0 Å². The van der Waals surface area contributed by atoms with Crippen molar-refractivity contribution in [2.75, 3.05) is 19.7 Å². The summed E-state index contributed by atoms with van der Waals surface area (Å²) in [5.41, 5.74) is 1.88. The van der Waals surface area contributed by atoms with Gasteiger partial charge in [0.2, 0.25) is 0 Å². The lowest BCUT2D eigenvalue weighted by Crippen LogP contribution is -2.42. The summed E-state index contributed by atoms with van der Waals surface area (Å²) in [5, 5.41) is 1.02. The fourth-order valence-electron chi connectivity index (χ4n) is 2.92. The average Bonchev–Trinajstić information content (AvgIpc) is 2.60. The smallest absolute Gasteiger partial charge is 0.410 e. The molecule has 0 unspecified atom stereocenters. The van der Waals surface area contributed by atoms with Gasteiger partial charge in [-0.1, -0.05) is 24.8 Å². The predicted octanol–water partition coefficient (Wildman–Crippen LogP) is 3.71. The van der Waals surface area contributed by atoms with Gasteiger partial charge in [-0.25, -0.2) is 4.79 Å². The van der Waals surface area contributed by atoms with Crippen molar-refractivity contribution in [2.45, 2.75) is 25.9 Å². The van der Waals surface area contributed by atoms with Gasteiger partial charge in [0, 0.05) is 43.1 Å². The molecule has 0 radical (unpaired) electrons. The molecule has 1 amide bonds. The van der Waals surface area contributed by atoms with Crippen LogP contribution in [-0.4, -0.2) is 41.8 Å². The van der Waals surface area contributed by atoms with Crippen LogP contribution in [0.3, 0.4) is 0 Å². The Labute approximate surface area is 141 Å². The highest BCUT2D eigenvalue weighted by Gasteiger charge is 2.25. The van der Waals surface area contributed by atoms with E-state index in [1.54, 1.807) is 11.0 Å². The van der Waals surface area contributed by atoms with Crippen molar-refractivity contribution in [3.8, 4) is 5.75 Å². The summed E-state index contributed by atoms with van der Waals surface area (Å²) in [4.78, 5) is 18.1. The number of hydrogen-bond acceptors (Lipinski definition) is 4. The third kappa shape index (κ3) is 3.67. The molecule has 5 nitrogen and oxygen atoms in total. The van der Waals surface area contributed by atoms with Crippen LogP contribution in [0.5, 0.6) is 5.75 Å². The second-order valence-electron chi connectivity index (χ2n) is 5.95. The van der Waals surface area contributed by atoms with Crippen LogP contribution in [0.1, 0.15) is 18.5 Å². The van der Waals surface area contributed by atoms with Crippen LogP contribution in [0.2, 0.25) is 0 Å². The first-order valence-corrected chi connectivity index (χ1v) is 8.23. The van der Waals surface area contributed by atoms with Gasteiger partial charge in [-0.3, -0.25) is 4.98 Å². The normalized spacial score (nSPS) is 15.3. The molecule has 126 valence electrons. The number of carbonyl (C=O) groups is 1. The maximum absolute atomic E-state index is 11.8. The fourth-order valence-corrected chi connectivity index (χ4v) is 2.92. The zero-order valence-electron chi connectivity index (χ0n) is 13.9. The second kappa shape index (κ2) is 7.34. The Bertz CT molecular complexity index is 736. The molecule has 5 heteroatoms. The minimum absolute atomic E-state index is 0.0960. The second-order valence-corrected chi connectivity index (χ2v) is 5.95. The van der Waals surface area contributed by atoms with E-state index in [2.05, 4.69) is 11.6 Å². The molecule has 0 atom stereocenters. The summed E-state index contributed by atoms with van der Waals surface area (Å²) in [7, 11) is 0. The molecule has 1 fully saturated rings. The van der Waals surface area contributed by atoms with E-state index in [0.717, 1.165) is 35.2 Å². The van der Waals surface area contributed by atoms with Crippen molar-refractivity contribution in [1.29, 1.82) is 0 Å². The third-order valence-corrected chi connectivity index (χ3v) is 4.12. The van der Waals surface area contributed by atoms with Crippen LogP contribution < -0.4 is 4.74 Å². The molecule has 1 aliphatic heterocycles. The summed E-state index contributed by atoms with van der Waals surface area (Å²) >= 11 is 0. The van der Waals surface area contributed by atoms with Crippen molar-refractivity contribution in [3.63, 3.8) is 0 Å². The minimum Gasteiger partial charge on any atom is -0.490 e. The van der Waals surface area contributed by atoms with Gasteiger partial charge in [0.25, 0.3) is 0 Å². The predicted molar refractivity (Wildman–Crippen MR) is 93.2 cm³/mol. The number of rotatable bonds is 4. The lowest BCUT2D eigenvalue weighted by molar-refractivity contribution is 0.0736. The Morgan fingerprint density at radius 2 is 2.12 bits per heavy atom. The van der Waals surface area contributed by atoms with Crippen molar-refractivity contribution < 1.29 is 14.3 Å². The molecule has 1 aromatic heterocycles. The number of aromatic nitrogens is 1. The minimum atomic E-state index is -0.279. The largest absolute Gasteiger partial charge is 0.490 e. The number of fused-ring (bicyclic) bond motifs is 1. The Morgan fingerprint density at radius 3 is 2.88 bits per heavy atom. The molecule has 2 aromatic rings. The lowest BCUT2D eigenvalue weighted by Gasteiger charge is -2.31. The highest BCUT2D eigenvalue weighted by atomic mass is 16.6. The molecular formula is C19H22N2O3. The molecule has 0 saturated carbocycles. The van der Waals surface area contributed by atoms with Crippen molar-refractivity contribution >= 4 is 17.0 Å². The van der Waals surface area contributed by atoms with Crippen LogP contribution in [0.25, 0.3) is 10.9 Å². The first-order chi connectivity index (χ1) is 11.7. The molecule has 0 aliphatic carbocycles. The van der Waals surface area contributed by atoms with E-state index in [9.17, 15) is 4.79 Å². The highest BCUT2D eigenvalue weighted by Crippen LogP contribution is 2.28. The van der Waals surface area contributed by atoms with Gasteiger partial charge in [-0.05, 0) is 19.1 Å². The number of piperidine rings is 1. The molecule has 1 aliphatic rings. The number of amides is 1. The number of carbonyl (C=O) groups excluding carboxylic acids is 1. The quantitative estimate of drug-likeness (QED) is 0.804. The van der Waals surface area contributed by atoms with E-state index in [-0.39, 0.29) is 18.8 Å². The summed E-state index contributed by atoms with van der Waals surface area (Å²) in [6.07, 6.45) is 2.97. The van der Waals surface area contributed by atoms with Gasteiger partial charge in [-0.15, -0.1) is 0 Å². The number of hydrogen-bond donors (Lipinski definition) is 0. The maximum Gasteiger partial charge on any atom is 0.410 e. The number of nitrogens with zero attached hydrogens (tertiary/aromatic N) is 2. The van der Waals surface area contributed by atoms with Gasteiger partial charge in [0.05, 0.1) is 5.52 Å². The van der Waals surface area contributed by atoms with Gasteiger partial charge < -0.3 is 14.4 Å². The maximum atomic E-state index is 11.8. The summed E-state index contributed by atoms with van der Waals surface area (Å²) < 4.78 is 11.3. The number of para-hydroxylation sites is 1. The van der Waals surface area contributed by atoms with Gasteiger partial charge in [0.1, 0.15) is 18.5 Å². The van der Waals surface area contributed by atoms with Crippen LogP contribution >= 0.6 is 0 Å². The molecule has 1 aromatic carbocycles. The van der Waals surface area contributed by atoms with Crippen LogP contribution in [0.15, 0.2) is 43.0 Å². The number of aryl methyl sites for hydroxylation is 1. The molecule has 1 saturated heterocycles. The van der Waals surface area contributed by atoms with Crippen molar-refractivity contribution in [3.05, 3.63) is 48.7 Å². The van der Waals surface area contributed by atoms with Crippen LogP contribution in [0, 0.1) is 6.92 Å². The topological polar surface area (TPSA) is 51.7 Å². The summed E-state index contributed by atoms with van der Waals surface area (Å²) in [5.74, 6) is 0.866. The van der Waals surface area contributed by atoms with Crippen LogP contribution in [0.4, 0.5) is 4.79 Å². The molecule has 2 heterocycles. The molecule has 24 heavy (non-hydrogen) atoms. The Morgan fingerprint density at radius 1 is 1.38 bits per heavy atom. The fraction of sp³-hybridized carbons (Fsp3) is 0.368. The number of benzene rings is 1. The Hall–Kier alpha value is -2.56. The third-order valence-electron chi connectivity index (χ3n) is 4.12. The van der Waals surface area contributed by atoms with E-state index in [4.69, 9.17) is 9.47 Å². The summed E-state index contributed by atoms with van der Waals surface area (Å²) in [6.45, 7) is 7.05. The first-order valence-electron chi connectivity index (χ1n) is 8.23. The van der Waals surface area contributed by atoms with E-state index in [0.29, 0.717) is 13.1 Å². The molecule has 0 bridgehead atoms. The standard InChI is InChI=1S/C19H22N2O3/c1-3-12-23-19(22)21-10-8-15(9-11-21)24-18-13-14(2)20-17-7-5-4-6-16(17)18/h3-7,13,15H,1,8-12H2,2H3. The highest BCUT2D eigenvalue weighted by molar-refractivity contribution is 5.85. The van der Waals surface area contributed by atoms with E-state index >= 15 is 0 Å². The summed E-state index contributed by atoms with van der Waals surface area (Å²) in [6, 6.07) is 9.97. The Balaban J connectivity index is 1.64. The molecule has 0 N–H and O–H groups in total. The molecule has 0 spiro atoms. The number of pyridine rings is 1. The average molecular weight is 326 g/mol. The number of ether oxygens (including phenoxy) is 2. The van der Waals surface area contributed by atoms with Crippen LogP contribution in [-0.2, 0) is 4.74 Å². The van der Waals surface area contributed by atoms with E-state index < -0.39 is 0 Å².